The van der Waals surface area contributed by atoms with Crippen LogP contribution >= 0.6 is 0 Å². The van der Waals surface area contributed by atoms with Crippen molar-refractivity contribution in [2.75, 3.05) is 5.73 Å². The molecule has 0 spiro atoms. The molecule has 0 bridgehead atoms. The van der Waals surface area contributed by atoms with Crippen molar-refractivity contribution in [3.63, 3.8) is 0 Å². The summed E-state index contributed by atoms with van der Waals surface area (Å²) < 4.78 is 1.99. The lowest BCUT2D eigenvalue weighted by Crippen LogP contribution is -2.01. The van der Waals surface area contributed by atoms with Crippen molar-refractivity contribution in [3.05, 3.63) is 60.3 Å². The van der Waals surface area contributed by atoms with Crippen LogP contribution < -0.4 is 5.73 Å². The van der Waals surface area contributed by atoms with Crippen LogP contribution in [0.5, 0.6) is 0 Å². The van der Waals surface area contributed by atoms with E-state index in [2.05, 4.69) is 23.3 Å². The van der Waals surface area contributed by atoms with Crippen molar-refractivity contribution in [1.29, 1.82) is 0 Å². The monoisotopic (exact) mass is 223 g/mol. The van der Waals surface area contributed by atoms with Gasteiger partial charge in [-0.1, -0.05) is 30.3 Å². The molecule has 3 rings (SSSR count). The zero-order valence-electron chi connectivity index (χ0n) is 9.38. The molecule has 2 aromatic carbocycles. The number of hydrogen-bond donors (Lipinski definition) is 1. The summed E-state index contributed by atoms with van der Waals surface area (Å²) >= 11 is 0. The van der Waals surface area contributed by atoms with Gasteiger partial charge in [0, 0.05) is 11.1 Å². The molecule has 2 N–H and O–H groups in total. The Bertz CT molecular complexity index is 655. The van der Waals surface area contributed by atoms with E-state index in [-0.39, 0.29) is 0 Å². The molecule has 0 fully saturated rings. The average Bonchev–Trinajstić information content (AvgIpc) is 2.73. The molecule has 84 valence electrons. The summed E-state index contributed by atoms with van der Waals surface area (Å²) in [6, 6.07) is 16.1. The molecule has 0 saturated carbocycles. The number of rotatable bonds is 2. The van der Waals surface area contributed by atoms with Gasteiger partial charge in [0.15, 0.2) is 0 Å². The lowest BCUT2D eigenvalue weighted by Gasteiger charge is -2.04. The molecule has 3 heteroatoms. The third-order valence-electron chi connectivity index (χ3n) is 2.83. The molecule has 0 aliphatic rings. The smallest absolute Gasteiger partial charge is 0.0686 e. The van der Waals surface area contributed by atoms with Gasteiger partial charge >= 0.3 is 0 Å². The Hall–Kier alpha value is -2.29. The summed E-state index contributed by atoms with van der Waals surface area (Å²) in [4.78, 5) is 0. The van der Waals surface area contributed by atoms with E-state index in [9.17, 15) is 0 Å². The third kappa shape index (κ3) is 1.87. The Kier molecular flexibility index (Phi) is 2.29. The third-order valence-corrected chi connectivity index (χ3v) is 2.83. The van der Waals surface area contributed by atoms with Crippen LogP contribution in [0.1, 0.15) is 5.56 Å². The fourth-order valence-electron chi connectivity index (χ4n) is 2.02. The van der Waals surface area contributed by atoms with Gasteiger partial charge in [0.05, 0.1) is 18.3 Å². The number of anilines is 1. The Morgan fingerprint density at radius 2 is 1.94 bits per heavy atom. The fraction of sp³-hybridized carbons (Fsp3) is 0.0714. The van der Waals surface area contributed by atoms with Crippen LogP contribution in [0.15, 0.2) is 54.7 Å². The first kappa shape index (κ1) is 9.90. The Labute approximate surface area is 99.5 Å². The van der Waals surface area contributed by atoms with Gasteiger partial charge in [-0.2, -0.15) is 5.10 Å². The zero-order chi connectivity index (χ0) is 11.7. The minimum atomic E-state index is 0.749. The Morgan fingerprint density at radius 1 is 1.06 bits per heavy atom. The van der Waals surface area contributed by atoms with E-state index in [1.165, 1.54) is 5.56 Å². The second kappa shape index (κ2) is 3.94. The second-order valence-corrected chi connectivity index (χ2v) is 4.11. The molecule has 0 saturated heterocycles. The number of nitrogens with two attached hydrogens (primary N) is 1. The molecule has 3 nitrogen and oxygen atoms in total. The van der Waals surface area contributed by atoms with Gasteiger partial charge in [-0.3, -0.25) is 4.68 Å². The first-order valence-corrected chi connectivity index (χ1v) is 5.58. The van der Waals surface area contributed by atoms with Crippen molar-refractivity contribution in [3.8, 4) is 0 Å². The molecular weight excluding hydrogens is 210 g/mol. The lowest BCUT2D eigenvalue weighted by atomic mass is 10.2. The van der Waals surface area contributed by atoms with Gasteiger partial charge in [0.25, 0.3) is 0 Å². The van der Waals surface area contributed by atoms with Crippen LogP contribution in [0, 0.1) is 0 Å². The van der Waals surface area contributed by atoms with E-state index in [1.54, 1.807) is 0 Å². The molecule has 1 heterocycles. The molecule has 17 heavy (non-hydrogen) atoms. The SMILES string of the molecule is Nc1cccc(Cn2ncc3ccccc32)c1. The molecule has 0 aliphatic heterocycles. The Morgan fingerprint density at radius 3 is 2.82 bits per heavy atom. The number of fused-ring (bicyclic) bond motifs is 1. The molecule has 0 atom stereocenters. The van der Waals surface area contributed by atoms with Crippen LogP contribution in [0.2, 0.25) is 0 Å². The number of aromatic nitrogens is 2. The quantitative estimate of drug-likeness (QED) is 0.679. The van der Waals surface area contributed by atoms with Crippen LogP contribution in [-0.4, -0.2) is 9.78 Å². The molecule has 0 aliphatic carbocycles. The van der Waals surface area contributed by atoms with Gasteiger partial charge in [-0.25, -0.2) is 0 Å². The van der Waals surface area contributed by atoms with E-state index < -0.39 is 0 Å². The van der Waals surface area contributed by atoms with Crippen molar-refractivity contribution in [2.45, 2.75) is 6.54 Å². The lowest BCUT2D eigenvalue weighted by molar-refractivity contribution is 0.712. The molecule has 0 amide bonds. The maximum absolute atomic E-state index is 5.77. The highest BCUT2D eigenvalue weighted by Gasteiger charge is 2.02. The average molecular weight is 223 g/mol. The van der Waals surface area contributed by atoms with Gasteiger partial charge in [0.1, 0.15) is 0 Å². The van der Waals surface area contributed by atoms with Crippen molar-refractivity contribution < 1.29 is 0 Å². The summed E-state index contributed by atoms with van der Waals surface area (Å²) in [7, 11) is 0. The van der Waals surface area contributed by atoms with Crippen molar-refractivity contribution >= 4 is 16.6 Å². The van der Waals surface area contributed by atoms with Gasteiger partial charge in [-0.05, 0) is 23.8 Å². The topological polar surface area (TPSA) is 43.8 Å². The van der Waals surface area contributed by atoms with Crippen molar-refractivity contribution in [2.24, 2.45) is 0 Å². The summed E-state index contributed by atoms with van der Waals surface area (Å²) in [5, 5.41) is 5.56. The summed E-state index contributed by atoms with van der Waals surface area (Å²) in [6.07, 6.45) is 1.89. The van der Waals surface area contributed by atoms with Crippen molar-refractivity contribution in [1.82, 2.24) is 9.78 Å². The first-order valence-electron chi connectivity index (χ1n) is 5.58. The van der Waals surface area contributed by atoms with E-state index in [1.807, 2.05) is 41.2 Å². The number of nitrogens with zero attached hydrogens (tertiary/aromatic N) is 2. The number of para-hydroxylation sites is 1. The number of benzene rings is 2. The normalized spacial score (nSPS) is 10.8. The number of hydrogen-bond acceptors (Lipinski definition) is 2. The highest BCUT2D eigenvalue weighted by molar-refractivity contribution is 5.78. The maximum Gasteiger partial charge on any atom is 0.0686 e. The van der Waals surface area contributed by atoms with Crippen LogP contribution in [0.3, 0.4) is 0 Å². The summed E-state index contributed by atoms with van der Waals surface area (Å²) in [5.74, 6) is 0. The Balaban J connectivity index is 2.00. The van der Waals surface area contributed by atoms with E-state index in [0.717, 1.165) is 23.1 Å². The predicted octanol–water partition coefficient (Wildman–Crippen LogP) is 2.67. The molecule has 3 aromatic rings. The van der Waals surface area contributed by atoms with Crippen LogP contribution in [-0.2, 0) is 6.54 Å². The highest BCUT2D eigenvalue weighted by Crippen LogP contribution is 2.15. The maximum atomic E-state index is 5.77. The highest BCUT2D eigenvalue weighted by atomic mass is 15.3. The minimum absolute atomic E-state index is 0.749. The minimum Gasteiger partial charge on any atom is -0.399 e. The number of nitrogen functional groups attached to an aromatic ring is 1. The van der Waals surface area contributed by atoms with E-state index in [0.29, 0.717) is 0 Å². The van der Waals surface area contributed by atoms with Crippen LogP contribution in [0.4, 0.5) is 5.69 Å². The van der Waals surface area contributed by atoms with Gasteiger partial charge < -0.3 is 5.73 Å². The van der Waals surface area contributed by atoms with E-state index >= 15 is 0 Å². The van der Waals surface area contributed by atoms with Gasteiger partial charge in [0.2, 0.25) is 0 Å². The largest absolute Gasteiger partial charge is 0.399 e. The van der Waals surface area contributed by atoms with Gasteiger partial charge in [-0.15, -0.1) is 0 Å². The molecule has 0 unspecified atom stereocenters. The fourth-order valence-corrected chi connectivity index (χ4v) is 2.02. The predicted molar refractivity (Wildman–Crippen MR) is 69.7 cm³/mol. The summed E-state index contributed by atoms with van der Waals surface area (Å²) in [5.41, 5.74) is 8.87. The van der Waals surface area contributed by atoms with E-state index in [4.69, 9.17) is 5.73 Å². The first-order chi connectivity index (χ1) is 8.33. The molecule has 1 aromatic heterocycles. The zero-order valence-corrected chi connectivity index (χ0v) is 9.38. The van der Waals surface area contributed by atoms with Crippen LogP contribution in [0.25, 0.3) is 10.9 Å². The second-order valence-electron chi connectivity index (χ2n) is 4.11. The summed E-state index contributed by atoms with van der Waals surface area (Å²) in [6.45, 7) is 0.749. The standard InChI is InChI=1S/C14H13N3/c15-13-6-3-4-11(8-13)10-17-14-7-2-1-5-12(14)9-16-17/h1-9H,10,15H2. The molecule has 0 radical (unpaired) electrons. The molecular formula is C14H13N3.